The summed E-state index contributed by atoms with van der Waals surface area (Å²) in [5, 5.41) is 8.22. The van der Waals surface area contributed by atoms with Crippen molar-refractivity contribution in [3.8, 4) is 11.5 Å². The normalized spacial score (nSPS) is 11.4. The van der Waals surface area contributed by atoms with Crippen molar-refractivity contribution in [2.24, 2.45) is 10.7 Å². The third-order valence-electron chi connectivity index (χ3n) is 3.69. The number of guanidine groups is 1. The predicted octanol–water partition coefficient (Wildman–Crippen LogP) is 3.01. The Morgan fingerprint density at radius 1 is 1.26 bits per heavy atom. The average molecular weight is 383 g/mol. The first kappa shape index (κ1) is 18.7. The van der Waals surface area contributed by atoms with Crippen molar-refractivity contribution in [1.29, 1.82) is 0 Å². The van der Waals surface area contributed by atoms with Crippen LogP contribution in [-0.4, -0.2) is 23.4 Å². The van der Waals surface area contributed by atoms with E-state index in [4.69, 9.17) is 10.2 Å². The Balaban J connectivity index is 1.54. The maximum atomic E-state index is 11.0. The summed E-state index contributed by atoms with van der Waals surface area (Å²) >= 11 is 1.42. The topological polar surface area (TPSA) is 106 Å². The van der Waals surface area contributed by atoms with E-state index in [0.717, 1.165) is 6.42 Å². The van der Waals surface area contributed by atoms with E-state index >= 15 is 0 Å². The summed E-state index contributed by atoms with van der Waals surface area (Å²) in [6.45, 7) is 2.42. The summed E-state index contributed by atoms with van der Waals surface area (Å²) in [5.41, 5.74) is 7.86. The van der Waals surface area contributed by atoms with E-state index in [2.05, 4.69) is 32.7 Å². The van der Waals surface area contributed by atoms with Crippen LogP contribution in [0.25, 0.3) is 11.5 Å². The molecule has 0 spiro atoms. The maximum absolute atomic E-state index is 11.0. The fourth-order valence-corrected chi connectivity index (χ4v) is 3.07. The van der Waals surface area contributed by atoms with E-state index < -0.39 is 0 Å². The summed E-state index contributed by atoms with van der Waals surface area (Å²) in [7, 11) is 0. The molecule has 0 radical (unpaired) electrons. The summed E-state index contributed by atoms with van der Waals surface area (Å²) in [5.74, 6) is 1.54. The van der Waals surface area contributed by atoms with Gasteiger partial charge in [-0.2, -0.15) is 0 Å². The second-order valence-electron chi connectivity index (χ2n) is 5.84. The number of hydrogen-bond donors (Lipinski definition) is 3. The Labute approximate surface area is 161 Å². The van der Waals surface area contributed by atoms with Gasteiger partial charge < -0.3 is 20.8 Å². The number of nitrogens with zero attached hydrogens (tertiary/aromatic N) is 2. The molecule has 0 aliphatic carbocycles. The molecular formula is C19H21N5O2S. The monoisotopic (exact) mass is 383 g/mol. The van der Waals surface area contributed by atoms with Crippen LogP contribution in [0.15, 0.2) is 57.3 Å². The minimum absolute atomic E-state index is 0.102. The molecule has 0 aliphatic rings. The first-order chi connectivity index (χ1) is 13.1. The SMILES string of the molecule is CC(=O)NCc1ccc(-c2csc(NC(N)=NCCc3ccccc3)n2)o1. The predicted molar refractivity (Wildman–Crippen MR) is 108 cm³/mol. The lowest BCUT2D eigenvalue weighted by molar-refractivity contribution is -0.119. The quantitative estimate of drug-likeness (QED) is 0.430. The molecule has 0 bridgehead atoms. The third kappa shape index (κ3) is 5.68. The standard InChI is InChI=1S/C19H21N5O2S/c1-13(25)22-11-15-7-8-17(26-15)16-12-27-19(23-16)24-18(20)21-10-9-14-5-3-2-4-6-14/h2-8,12H,9-11H2,1H3,(H,22,25)(H3,20,21,23,24). The lowest BCUT2D eigenvalue weighted by atomic mass is 10.2. The Kier molecular flexibility index (Phi) is 6.22. The minimum Gasteiger partial charge on any atom is -0.458 e. The molecule has 140 valence electrons. The van der Waals surface area contributed by atoms with Gasteiger partial charge >= 0.3 is 0 Å². The van der Waals surface area contributed by atoms with E-state index in [0.29, 0.717) is 41.4 Å². The molecule has 4 N–H and O–H groups in total. The zero-order valence-electron chi connectivity index (χ0n) is 14.9. The number of anilines is 1. The molecule has 2 heterocycles. The van der Waals surface area contributed by atoms with E-state index in [1.165, 1.54) is 23.8 Å². The van der Waals surface area contributed by atoms with Crippen LogP contribution in [0, 0.1) is 0 Å². The molecule has 0 atom stereocenters. The van der Waals surface area contributed by atoms with Gasteiger partial charge in [0.15, 0.2) is 16.9 Å². The fraction of sp³-hybridized carbons (Fsp3) is 0.211. The van der Waals surface area contributed by atoms with E-state index in [1.807, 2.05) is 35.7 Å². The number of benzene rings is 1. The molecule has 0 saturated carbocycles. The van der Waals surface area contributed by atoms with Gasteiger partial charge in [0.05, 0.1) is 6.54 Å². The van der Waals surface area contributed by atoms with Gasteiger partial charge in [-0.15, -0.1) is 11.3 Å². The zero-order valence-corrected chi connectivity index (χ0v) is 15.8. The number of hydrogen-bond acceptors (Lipinski definition) is 5. The largest absolute Gasteiger partial charge is 0.458 e. The highest BCUT2D eigenvalue weighted by Gasteiger charge is 2.10. The number of thiazole rings is 1. The second kappa shape index (κ2) is 9.00. The van der Waals surface area contributed by atoms with Crippen LogP contribution in [0.3, 0.4) is 0 Å². The molecule has 0 saturated heterocycles. The number of carbonyl (C=O) groups is 1. The van der Waals surface area contributed by atoms with Crippen LogP contribution >= 0.6 is 11.3 Å². The van der Waals surface area contributed by atoms with Crippen molar-refractivity contribution in [3.05, 3.63) is 59.2 Å². The van der Waals surface area contributed by atoms with Crippen LogP contribution < -0.4 is 16.4 Å². The molecule has 2 aromatic heterocycles. The molecule has 3 rings (SSSR count). The smallest absolute Gasteiger partial charge is 0.217 e. The summed E-state index contributed by atoms with van der Waals surface area (Å²) in [6.07, 6.45) is 0.829. The highest BCUT2D eigenvalue weighted by atomic mass is 32.1. The number of carbonyl (C=O) groups excluding carboxylic acids is 1. The number of amides is 1. The van der Waals surface area contributed by atoms with Crippen molar-refractivity contribution in [2.45, 2.75) is 19.9 Å². The number of rotatable bonds is 7. The average Bonchev–Trinajstić information content (AvgIpc) is 3.30. The highest BCUT2D eigenvalue weighted by molar-refractivity contribution is 7.14. The molecule has 27 heavy (non-hydrogen) atoms. The zero-order chi connectivity index (χ0) is 19.1. The van der Waals surface area contributed by atoms with E-state index in [-0.39, 0.29) is 5.91 Å². The van der Waals surface area contributed by atoms with Gasteiger partial charge in [0, 0.05) is 18.8 Å². The molecule has 1 aromatic carbocycles. The maximum Gasteiger partial charge on any atom is 0.217 e. The number of nitrogens with one attached hydrogen (secondary N) is 2. The summed E-state index contributed by atoms with van der Waals surface area (Å²) < 4.78 is 5.69. The van der Waals surface area contributed by atoms with Gasteiger partial charge in [0.1, 0.15) is 11.5 Å². The van der Waals surface area contributed by atoms with Crippen molar-refractivity contribution in [1.82, 2.24) is 10.3 Å². The van der Waals surface area contributed by atoms with E-state index in [1.54, 1.807) is 0 Å². The Morgan fingerprint density at radius 2 is 2.07 bits per heavy atom. The second-order valence-corrected chi connectivity index (χ2v) is 6.70. The Morgan fingerprint density at radius 3 is 2.85 bits per heavy atom. The van der Waals surface area contributed by atoms with E-state index in [9.17, 15) is 4.79 Å². The van der Waals surface area contributed by atoms with Crippen molar-refractivity contribution in [3.63, 3.8) is 0 Å². The van der Waals surface area contributed by atoms with Crippen molar-refractivity contribution < 1.29 is 9.21 Å². The molecule has 1 amide bonds. The van der Waals surface area contributed by atoms with Crippen LogP contribution in [0.1, 0.15) is 18.2 Å². The van der Waals surface area contributed by atoms with Gasteiger partial charge in [0.2, 0.25) is 5.91 Å². The Bertz CT molecular complexity index is 917. The van der Waals surface area contributed by atoms with Crippen molar-refractivity contribution >= 4 is 28.3 Å². The van der Waals surface area contributed by atoms with Crippen LogP contribution in [0.4, 0.5) is 5.13 Å². The number of aromatic nitrogens is 1. The van der Waals surface area contributed by atoms with Gasteiger partial charge in [-0.05, 0) is 24.1 Å². The third-order valence-corrected chi connectivity index (χ3v) is 4.45. The first-order valence-electron chi connectivity index (χ1n) is 8.50. The first-order valence-corrected chi connectivity index (χ1v) is 9.38. The van der Waals surface area contributed by atoms with Gasteiger partial charge in [-0.3, -0.25) is 9.79 Å². The van der Waals surface area contributed by atoms with Gasteiger partial charge in [0.25, 0.3) is 0 Å². The lowest BCUT2D eigenvalue weighted by Crippen LogP contribution is -2.23. The molecular weight excluding hydrogens is 362 g/mol. The number of aliphatic imine (C=N–C) groups is 1. The molecule has 3 aromatic rings. The molecule has 7 nitrogen and oxygen atoms in total. The lowest BCUT2D eigenvalue weighted by Gasteiger charge is -2.02. The minimum atomic E-state index is -0.102. The Hall–Kier alpha value is -3.13. The highest BCUT2D eigenvalue weighted by Crippen LogP contribution is 2.26. The molecule has 0 unspecified atom stereocenters. The summed E-state index contributed by atoms with van der Waals surface area (Å²) in [4.78, 5) is 19.7. The van der Waals surface area contributed by atoms with Crippen LogP contribution in [0.5, 0.6) is 0 Å². The van der Waals surface area contributed by atoms with Crippen LogP contribution in [0.2, 0.25) is 0 Å². The van der Waals surface area contributed by atoms with Gasteiger partial charge in [-0.1, -0.05) is 30.3 Å². The fourth-order valence-electron chi connectivity index (χ4n) is 2.37. The molecule has 0 fully saturated rings. The summed E-state index contributed by atoms with van der Waals surface area (Å²) in [6, 6.07) is 13.8. The number of furan rings is 1. The molecule has 0 aliphatic heterocycles. The number of nitrogens with two attached hydrogens (primary N) is 1. The van der Waals surface area contributed by atoms with Gasteiger partial charge in [-0.25, -0.2) is 4.98 Å². The molecule has 8 heteroatoms. The van der Waals surface area contributed by atoms with Crippen molar-refractivity contribution in [2.75, 3.05) is 11.9 Å². The van der Waals surface area contributed by atoms with Crippen LogP contribution in [-0.2, 0) is 17.8 Å².